The van der Waals surface area contributed by atoms with Crippen molar-refractivity contribution >= 4 is 22.9 Å². The van der Waals surface area contributed by atoms with E-state index in [-0.39, 0.29) is 5.75 Å². The number of hydrogen-bond donors (Lipinski definition) is 0. The first kappa shape index (κ1) is 15.2. The topological polar surface area (TPSA) is 9.23 Å². The van der Waals surface area contributed by atoms with Crippen molar-refractivity contribution in [2.45, 2.75) is 6.36 Å². The number of ether oxygens (including phenoxy) is 1. The van der Waals surface area contributed by atoms with Crippen LogP contribution in [0.5, 0.6) is 5.75 Å². The molecule has 0 N–H and O–H groups in total. The van der Waals surface area contributed by atoms with E-state index in [0.29, 0.717) is 0 Å². The predicted octanol–water partition coefficient (Wildman–Crippen LogP) is 5.91. The third-order valence-electron chi connectivity index (χ3n) is 3.36. The molecule has 116 valence electrons. The average molecular weight is 314 g/mol. The molecule has 0 unspecified atom stereocenters. The van der Waals surface area contributed by atoms with E-state index in [9.17, 15) is 13.2 Å². The second-order valence-corrected chi connectivity index (χ2v) is 5.06. The first-order valence-corrected chi connectivity index (χ1v) is 7.02. The molecule has 0 amide bonds. The summed E-state index contributed by atoms with van der Waals surface area (Å²) in [4.78, 5) is 0. The summed E-state index contributed by atoms with van der Waals surface area (Å²) >= 11 is 0. The van der Waals surface area contributed by atoms with Crippen LogP contribution >= 0.6 is 0 Å². The minimum atomic E-state index is -4.66. The van der Waals surface area contributed by atoms with Gasteiger partial charge in [-0.2, -0.15) is 0 Å². The number of rotatable bonds is 3. The van der Waals surface area contributed by atoms with Gasteiger partial charge in [-0.3, -0.25) is 0 Å². The van der Waals surface area contributed by atoms with Crippen molar-refractivity contribution in [1.29, 1.82) is 0 Å². The van der Waals surface area contributed by atoms with Crippen LogP contribution in [0.1, 0.15) is 11.1 Å². The molecular weight excluding hydrogens is 301 g/mol. The van der Waals surface area contributed by atoms with Crippen LogP contribution in [0, 0.1) is 0 Å². The molecule has 0 heterocycles. The monoisotopic (exact) mass is 314 g/mol. The lowest BCUT2D eigenvalue weighted by atomic mass is 10.1. The molecule has 0 aromatic heterocycles. The largest absolute Gasteiger partial charge is 0.573 e. The smallest absolute Gasteiger partial charge is 0.406 e. The summed E-state index contributed by atoms with van der Waals surface area (Å²) in [6.07, 6.45) is -0.893. The van der Waals surface area contributed by atoms with Crippen molar-refractivity contribution in [2.24, 2.45) is 0 Å². The Bertz CT molecular complexity index is 833. The summed E-state index contributed by atoms with van der Waals surface area (Å²) in [6.45, 7) is 0. The van der Waals surface area contributed by atoms with Gasteiger partial charge in [-0.25, -0.2) is 0 Å². The normalized spacial score (nSPS) is 12.0. The highest BCUT2D eigenvalue weighted by molar-refractivity contribution is 5.85. The number of halogens is 3. The van der Waals surface area contributed by atoms with Crippen LogP contribution < -0.4 is 4.74 Å². The van der Waals surface area contributed by atoms with E-state index < -0.39 is 6.36 Å². The fourth-order valence-electron chi connectivity index (χ4n) is 2.28. The van der Waals surface area contributed by atoms with Crippen molar-refractivity contribution in [3.05, 3.63) is 77.9 Å². The Morgan fingerprint density at radius 3 is 2.00 bits per heavy atom. The van der Waals surface area contributed by atoms with Crippen LogP contribution in [-0.4, -0.2) is 6.36 Å². The maximum atomic E-state index is 12.1. The molecule has 0 atom stereocenters. The lowest BCUT2D eigenvalue weighted by molar-refractivity contribution is -0.274. The first-order chi connectivity index (χ1) is 11.0. The number of fused-ring (bicyclic) bond motifs is 1. The molecule has 0 aliphatic carbocycles. The van der Waals surface area contributed by atoms with Gasteiger partial charge in [0.15, 0.2) is 0 Å². The molecule has 0 aliphatic rings. The summed E-state index contributed by atoms with van der Waals surface area (Å²) < 4.78 is 40.2. The molecule has 0 saturated heterocycles. The third-order valence-corrected chi connectivity index (χ3v) is 3.36. The van der Waals surface area contributed by atoms with Gasteiger partial charge in [-0.05, 0) is 40.1 Å². The maximum absolute atomic E-state index is 12.1. The Labute approximate surface area is 131 Å². The summed E-state index contributed by atoms with van der Waals surface area (Å²) in [6, 6.07) is 19.9. The van der Waals surface area contributed by atoms with Crippen molar-refractivity contribution in [3.63, 3.8) is 0 Å². The van der Waals surface area contributed by atoms with Gasteiger partial charge in [0.05, 0.1) is 0 Å². The van der Waals surface area contributed by atoms with Crippen LogP contribution in [0.2, 0.25) is 0 Å². The molecule has 0 saturated carbocycles. The zero-order valence-electron chi connectivity index (χ0n) is 12.0. The molecule has 1 nitrogen and oxygen atoms in total. The zero-order valence-corrected chi connectivity index (χ0v) is 12.0. The van der Waals surface area contributed by atoms with E-state index in [0.717, 1.165) is 16.5 Å². The van der Waals surface area contributed by atoms with Gasteiger partial charge >= 0.3 is 6.36 Å². The van der Waals surface area contributed by atoms with Crippen LogP contribution in [0.3, 0.4) is 0 Å². The highest BCUT2D eigenvalue weighted by Crippen LogP contribution is 2.23. The summed E-state index contributed by atoms with van der Waals surface area (Å²) in [7, 11) is 0. The van der Waals surface area contributed by atoms with Crippen LogP contribution in [-0.2, 0) is 0 Å². The summed E-state index contributed by atoms with van der Waals surface area (Å²) in [5.41, 5.74) is 1.83. The molecule has 0 radical (unpaired) electrons. The van der Waals surface area contributed by atoms with Gasteiger partial charge in [0.1, 0.15) is 5.75 Å². The summed E-state index contributed by atoms with van der Waals surface area (Å²) in [5.74, 6) is -0.222. The summed E-state index contributed by atoms with van der Waals surface area (Å²) in [5, 5.41) is 2.31. The number of hydrogen-bond acceptors (Lipinski definition) is 1. The lowest BCUT2D eigenvalue weighted by Crippen LogP contribution is -2.16. The molecule has 3 aromatic rings. The molecule has 3 rings (SSSR count). The van der Waals surface area contributed by atoms with Crippen molar-refractivity contribution < 1.29 is 17.9 Å². The van der Waals surface area contributed by atoms with Crippen LogP contribution in [0.15, 0.2) is 66.7 Å². The zero-order chi connectivity index (χ0) is 16.3. The molecule has 0 aliphatic heterocycles. The van der Waals surface area contributed by atoms with Gasteiger partial charge in [0.25, 0.3) is 0 Å². The number of benzene rings is 3. The second-order valence-electron chi connectivity index (χ2n) is 5.06. The standard InChI is InChI=1S/C19H13F3O/c20-19(21,22)23-18-11-8-14(9-12-18)5-6-15-7-10-16-3-1-2-4-17(16)13-15/h1-13H/b6-5+. The average Bonchev–Trinajstić information content (AvgIpc) is 2.52. The fraction of sp³-hybridized carbons (Fsp3) is 0.0526. The third kappa shape index (κ3) is 4.13. The van der Waals surface area contributed by atoms with E-state index in [4.69, 9.17) is 0 Å². The van der Waals surface area contributed by atoms with E-state index in [1.807, 2.05) is 48.6 Å². The minimum absolute atomic E-state index is 0.222. The van der Waals surface area contributed by atoms with Gasteiger partial charge in [-0.1, -0.05) is 60.7 Å². The molecule has 23 heavy (non-hydrogen) atoms. The second kappa shape index (κ2) is 6.16. The van der Waals surface area contributed by atoms with Gasteiger partial charge < -0.3 is 4.74 Å². The van der Waals surface area contributed by atoms with E-state index in [1.54, 1.807) is 12.1 Å². The Hall–Kier alpha value is -2.75. The van der Waals surface area contributed by atoms with Gasteiger partial charge in [0.2, 0.25) is 0 Å². The predicted molar refractivity (Wildman–Crippen MR) is 86.0 cm³/mol. The van der Waals surface area contributed by atoms with Gasteiger partial charge in [-0.15, -0.1) is 13.2 Å². The highest BCUT2D eigenvalue weighted by atomic mass is 19.4. The Morgan fingerprint density at radius 1 is 0.696 bits per heavy atom. The number of alkyl halides is 3. The minimum Gasteiger partial charge on any atom is -0.406 e. The van der Waals surface area contributed by atoms with E-state index in [2.05, 4.69) is 10.8 Å². The Kier molecular flexibility index (Phi) is 4.06. The Balaban J connectivity index is 1.76. The molecular formula is C19H13F3O. The lowest BCUT2D eigenvalue weighted by Gasteiger charge is -2.08. The highest BCUT2D eigenvalue weighted by Gasteiger charge is 2.30. The van der Waals surface area contributed by atoms with Crippen molar-refractivity contribution in [1.82, 2.24) is 0 Å². The molecule has 0 fully saturated rings. The Morgan fingerprint density at radius 2 is 1.30 bits per heavy atom. The van der Waals surface area contributed by atoms with Crippen molar-refractivity contribution in [2.75, 3.05) is 0 Å². The van der Waals surface area contributed by atoms with E-state index >= 15 is 0 Å². The SMILES string of the molecule is FC(F)(F)Oc1ccc(/C=C/c2ccc3ccccc3c2)cc1. The maximum Gasteiger partial charge on any atom is 0.573 e. The molecule has 3 aromatic carbocycles. The van der Waals surface area contributed by atoms with Crippen LogP contribution in [0.4, 0.5) is 13.2 Å². The van der Waals surface area contributed by atoms with Crippen LogP contribution in [0.25, 0.3) is 22.9 Å². The first-order valence-electron chi connectivity index (χ1n) is 7.02. The molecule has 0 bridgehead atoms. The van der Waals surface area contributed by atoms with E-state index in [1.165, 1.54) is 17.5 Å². The fourth-order valence-corrected chi connectivity index (χ4v) is 2.28. The molecule has 4 heteroatoms. The molecule has 0 spiro atoms. The quantitative estimate of drug-likeness (QED) is 0.546. The van der Waals surface area contributed by atoms with Crippen molar-refractivity contribution in [3.8, 4) is 5.75 Å². The van der Waals surface area contributed by atoms with Gasteiger partial charge in [0, 0.05) is 0 Å².